The van der Waals surface area contributed by atoms with Gasteiger partial charge in [0.05, 0.1) is 12.7 Å². The van der Waals surface area contributed by atoms with Crippen LogP contribution in [0, 0.1) is 5.92 Å². The second-order valence-electron chi connectivity index (χ2n) is 9.52. The van der Waals surface area contributed by atoms with E-state index in [1.165, 1.54) is 38.5 Å². The van der Waals surface area contributed by atoms with Crippen LogP contribution in [-0.2, 0) is 0 Å². The van der Waals surface area contributed by atoms with Crippen molar-refractivity contribution in [2.45, 2.75) is 77.0 Å². The molecule has 0 bridgehead atoms. The van der Waals surface area contributed by atoms with E-state index in [9.17, 15) is 0 Å². The zero-order valence-electron chi connectivity index (χ0n) is 21.2. The van der Waals surface area contributed by atoms with Crippen molar-refractivity contribution in [1.29, 1.82) is 0 Å². The van der Waals surface area contributed by atoms with E-state index in [0.717, 1.165) is 57.3 Å². The number of hydrogen-bond acceptors (Lipinski definition) is 6. The lowest BCUT2D eigenvalue weighted by Gasteiger charge is -2.14. The molecule has 4 rings (SSSR count). The molecule has 0 unspecified atom stereocenters. The smallest absolute Gasteiger partial charge is 0.209 e. The van der Waals surface area contributed by atoms with E-state index in [-0.39, 0.29) is 6.10 Å². The van der Waals surface area contributed by atoms with E-state index in [4.69, 9.17) is 14.5 Å². The molecule has 2 aromatic carbocycles. The fourth-order valence-electron chi connectivity index (χ4n) is 4.38. The lowest BCUT2D eigenvalue weighted by atomic mass is 10.0. The van der Waals surface area contributed by atoms with Gasteiger partial charge in [-0.25, -0.2) is 4.98 Å². The van der Waals surface area contributed by atoms with Crippen molar-refractivity contribution in [1.82, 2.24) is 15.2 Å². The normalized spacial score (nSPS) is 14.6. The Hall–Kier alpha value is -2.60. The molecule has 6 heteroatoms. The third-order valence-electron chi connectivity index (χ3n) is 6.19. The predicted molar refractivity (Wildman–Crippen MR) is 144 cm³/mol. The summed E-state index contributed by atoms with van der Waals surface area (Å²) in [6, 6.07) is 16.2. The number of hydrogen-bond donors (Lipinski definition) is 0. The molecule has 1 fully saturated rings. The molecule has 1 saturated carbocycles. The van der Waals surface area contributed by atoms with Crippen LogP contribution in [0.25, 0.3) is 22.5 Å². The van der Waals surface area contributed by atoms with E-state index in [2.05, 4.69) is 29.3 Å². The van der Waals surface area contributed by atoms with Crippen LogP contribution in [0.15, 0.2) is 53.7 Å². The summed E-state index contributed by atoms with van der Waals surface area (Å²) >= 11 is 1.74. The van der Waals surface area contributed by atoms with Crippen molar-refractivity contribution in [2.75, 3.05) is 12.4 Å². The summed E-state index contributed by atoms with van der Waals surface area (Å²) in [4.78, 5) is 5.01. The van der Waals surface area contributed by atoms with Crippen LogP contribution in [0.4, 0.5) is 0 Å². The topological polar surface area (TPSA) is 57.1 Å². The van der Waals surface area contributed by atoms with E-state index in [0.29, 0.717) is 6.61 Å². The highest BCUT2D eigenvalue weighted by molar-refractivity contribution is 7.99. The van der Waals surface area contributed by atoms with E-state index < -0.39 is 0 Å². The SMILES string of the molecule is CCCOc1ccc(-c2nc(SCC3CCCCCC3)nnc2-c2ccc(OC(C)C)cc2)cc1. The molecule has 1 aromatic heterocycles. The Morgan fingerprint density at radius 3 is 2.09 bits per heavy atom. The molecule has 0 N–H and O–H groups in total. The van der Waals surface area contributed by atoms with Crippen LogP contribution < -0.4 is 9.47 Å². The first-order valence-corrected chi connectivity index (χ1v) is 14.0. The molecule has 0 atom stereocenters. The Bertz CT molecular complexity index is 1050. The summed E-state index contributed by atoms with van der Waals surface area (Å²) in [6.45, 7) is 6.88. The number of thioether (sulfide) groups is 1. The fraction of sp³-hybridized carbons (Fsp3) is 0.483. The van der Waals surface area contributed by atoms with Crippen molar-refractivity contribution < 1.29 is 9.47 Å². The Kier molecular flexibility index (Phi) is 9.41. The first-order chi connectivity index (χ1) is 17.1. The van der Waals surface area contributed by atoms with Gasteiger partial charge in [0, 0.05) is 16.9 Å². The standard InChI is InChI=1S/C29H37N3O2S/c1-4-19-33-25-15-11-23(12-16-25)27-28(24-13-17-26(18-14-24)34-21(2)3)31-32-29(30-27)35-20-22-9-7-5-6-8-10-22/h11-18,21-22H,4-10,19-20H2,1-3H3. The van der Waals surface area contributed by atoms with Crippen molar-refractivity contribution in [3.63, 3.8) is 0 Å². The first kappa shape index (κ1) is 25.5. The van der Waals surface area contributed by atoms with E-state index >= 15 is 0 Å². The molecule has 1 heterocycles. The highest BCUT2D eigenvalue weighted by Gasteiger charge is 2.17. The largest absolute Gasteiger partial charge is 0.494 e. The zero-order valence-corrected chi connectivity index (χ0v) is 22.0. The summed E-state index contributed by atoms with van der Waals surface area (Å²) in [5, 5.41) is 9.94. The molecule has 1 aliphatic rings. The fourth-order valence-corrected chi connectivity index (χ4v) is 5.36. The summed E-state index contributed by atoms with van der Waals surface area (Å²) in [5.74, 6) is 3.53. The van der Waals surface area contributed by atoms with Crippen LogP contribution in [-0.4, -0.2) is 33.6 Å². The van der Waals surface area contributed by atoms with E-state index in [1.54, 1.807) is 11.8 Å². The maximum absolute atomic E-state index is 5.81. The van der Waals surface area contributed by atoms with Gasteiger partial charge in [-0.15, -0.1) is 10.2 Å². The Labute approximate surface area is 214 Å². The number of ether oxygens (including phenoxy) is 2. The number of aromatic nitrogens is 3. The molecular weight excluding hydrogens is 454 g/mol. The quantitative estimate of drug-likeness (QED) is 0.213. The van der Waals surface area contributed by atoms with Crippen molar-refractivity contribution in [2.24, 2.45) is 5.92 Å². The van der Waals surface area contributed by atoms with Gasteiger partial charge in [0.25, 0.3) is 0 Å². The molecule has 0 aliphatic heterocycles. The summed E-state index contributed by atoms with van der Waals surface area (Å²) in [6.07, 6.45) is 9.18. The monoisotopic (exact) mass is 491 g/mol. The number of nitrogens with zero attached hydrogens (tertiary/aromatic N) is 3. The average Bonchev–Trinajstić information content (AvgIpc) is 3.16. The Morgan fingerprint density at radius 2 is 1.46 bits per heavy atom. The number of benzene rings is 2. The van der Waals surface area contributed by atoms with Gasteiger partial charge in [-0.3, -0.25) is 0 Å². The van der Waals surface area contributed by atoms with Gasteiger partial charge in [-0.1, -0.05) is 44.4 Å². The van der Waals surface area contributed by atoms with Crippen molar-refractivity contribution in [3.8, 4) is 34.0 Å². The Balaban J connectivity index is 1.60. The van der Waals surface area contributed by atoms with Crippen molar-refractivity contribution >= 4 is 11.8 Å². The van der Waals surface area contributed by atoms with Gasteiger partial charge in [0.15, 0.2) is 0 Å². The highest BCUT2D eigenvalue weighted by Crippen LogP contribution is 2.33. The predicted octanol–water partition coefficient (Wildman–Crippen LogP) is 7.84. The molecule has 0 saturated heterocycles. The van der Waals surface area contributed by atoms with Crippen LogP contribution in [0.2, 0.25) is 0 Å². The van der Waals surface area contributed by atoms with Gasteiger partial charge in [-0.05, 0) is 87.6 Å². The molecule has 1 aliphatic carbocycles. The van der Waals surface area contributed by atoms with Gasteiger partial charge < -0.3 is 9.47 Å². The summed E-state index contributed by atoms with van der Waals surface area (Å²) in [7, 11) is 0. The van der Waals surface area contributed by atoms with Gasteiger partial charge in [-0.2, -0.15) is 0 Å². The van der Waals surface area contributed by atoms with Gasteiger partial charge >= 0.3 is 0 Å². The molecule has 35 heavy (non-hydrogen) atoms. The first-order valence-electron chi connectivity index (χ1n) is 13.0. The molecular formula is C29H37N3O2S. The van der Waals surface area contributed by atoms with Crippen LogP contribution >= 0.6 is 11.8 Å². The summed E-state index contributed by atoms with van der Waals surface area (Å²) in [5.41, 5.74) is 3.62. The third-order valence-corrected chi connectivity index (χ3v) is 7.26. The molecule has 186 valence electrons. The number of rotatable bonds is 10. The van der Waals surface area contributed by atoms with Crippen LogP contribution in [0.5, 0.6) is 11.5 Å². The second-order valence-corrected chi connectivity index (χ2v) is 10.5. The second kappa shape index (κ2) is 12.9. The maximum atomic E-state index is 5.81. The summed E-state index contributed by atoms with van der Waals surface area (Å²) < 4.78 is 11.6. The molecule has 0 radical (unpaired) electrons. The lowest BCUT2D eigenvalue weighted by Crippen LogP contribution is -2.05. The minimum atomic E-state index is 0.135. The van der Waals surface area contributed by atoms with Crippen LogP contribution in [0.3, 0.4) is 0 Å². The zero-order chi connectivity index (χ0) is 24.5. The van der Waals surface area contributed by atoms with Gasteiger partial charge in [0.2, 0.25) is 5.16 Å². The average molecular weight is 492 g/mol. The maximum Gasteiger partial charge on any atom is 0.209 e. The molecule has 0 spiro atoms. The lowest BCUT2D eigenvalue weighted by molar-refractivity contribution is 0.242. The van der Waals surface area contributed by atoms with E-state index in [1.807, 2.05) is 50.2 Å². The minimum Gasteiger partial charge on any atom is -0.494 e. The highest BCUT2D eigenvalue weighted by atomic mass is 32.2. The third kappa shape index (κ3) is 7.44. The van der Waals surface area contributed by atoms with Crippen molar-refractivity contribution in [3.05, 3.63) is 48.5 Å². The minimum absolute atomic E-state index is 0.135. The molecule has 5 nitrogen and oxygen atoms in total. The molecule has 3 aromatic rings. The Morgan fingerprint density at radius 1 is 0.829 bits per heavy atom. The van der Waals surface area contributed by atoms with Crippen LogP contribution in [0.1, 0.15) is 65.7 Å². The molecule has 0 amide bonds. The van der Waals surface area contributed by atoms with Gasteiger partial charge in [0.1, 0.15) is 22.9 Å².